The smallest absolute Gasteiger partial charge is 0.274 e. The van der Waals surface area contributed by atoms with E-state index in [-0.39, 0.29) is 5.91 Å². The van der Waals surface area contributed by atoms with Gasteiger partial charge in [-0.15, -0.1) is 0 Å². The number of carbonyl (C=O) groups is 1. The molecule has 9 nitrogen and oxygen atoms in total. The number of amides is 1. The average Bonchev–Trinajstić information content (AvgIpc) is 3.29. The van der Waals surface area contributed by atoms with E-state index in [9.17, 15) is 4.79 Å². The van der Waals surface area contributed by atoms with Gasteiger partial charge < -0.3 is 10.1 Å². The molecular weight excluding hydrogens is 394 g/mol. The summed E-state index contributed by atoms with van der Waals surface area (Å²) in [5, 5.41) is 11.7. The summed E-state index contributed by atoms with van der Waals surface area (Å²) in [4.78, 5) is 21.5. The lowest BCUT2D eigenvalue weighted by molar-refractivity contribution is 0.101. The predicted molar refractivity (Wildman–Crippen MR) is 117 cm³/mol. The van der Waals surface area contributed by atoms with E-state index in [2.05, 4.69) is 25.5 Å². The van der Waals surface area contributed by atoms with Gasteiger partial charge in [0, 0.05) is 18.3 Å². The number of benzene rings is 1. The van der Waals surface area contributed by atoms with Crippen LogP contribution in [0.5, 0.6) is 5.75 Å². The van der Waals surface area contributed by atoms with Gasteiger partial charge in [0.05, 0.1) is 36.6 Å². The van der Waals surface area contributed by atoms with E-state index >= 15 is 0 Å². The van der Waals surface area contributed by atoms with E-state index in [1.807, 2.05) is 45.0 Å². The lowest BCUT2D eigenvalue weighted by Gasteiger charge is -2.06. The molecule has 0 atom stereocenters. The number of methoxy groups -OCH3 is 1. The zero-order valence-corrected chi connectivity index (χ0v) is 18.0. The molecule has 1 amide bonds. The van der Waals surface area contributed by atoms with Gasteiger partial charge >= 0.3 is 0 Å². The lowest BCUT2D eigenvalue weighted by Crippen LogP contribution is -2.16. The molecule has 1 aromatic carbocycles. The van der Waals surface area contributed by atoms with Gasteiger partial charge in [-0.25, -0.2) is 14.6 Å². The molecule has 0 aliphatic heterocycles. The second-order valence-electron chi connectivity index (χ2n) is 7.20. The van der Waals surface area contributed by atoms with Crippen molar-refractivity contribution in [1.82, 2.24) is 29.5 Å². The van der Waals surface area contributed by atoms with Crippen molar-refractivity contribution < 1.29 is 9.53 Å². The highest BCUT2D eigenvalue weighted by Gasteiger charge is 2.16. The minimum Gasteiger partial charge on any atom is -0.497 e. The topological polar surface area (TPSA) is 99.7 Å². The highest BCUT2D eigenvalue weighted by molar-refractivity contribution is 6.03. The number of nitrogens with one attached hydrogen (secondary N) is 1. The van der Waals surface area contributed by atoms with Gasteiger partial charge in [0.15, 0.2) is 0 Å². The Bertz CT molecular complexity index is 1260. The SMILES string of the molecule is COc1cccc(-c2cc(C(=O)Nc3cnc(-n4nc(C)c(C)c4C)nc3)n(C)n2)c1. The first-order chi connectivity index (χ1) is 14.9. The number of carbonyl (C=O) groups excluding carboxylic acids is 1. The van der Waals surface area contributed by atoms with E-state index in [4.69, 9.17) is 4.74 Å². The second kappa shape index (κ2) is 8.02. The molecule has 3 heterocycles. The van der Waals surface area contributed by atoms with Crippen molar-refractivity contribution in [3.63, 3.8) is 0 Å². The standard InChI is InChI=1S/C22H23N7O2/c1-13-14(2)26-29(15(13)3)22-23-11-17(12-24-22)25-21(30)20-10-19(27-28(20)4)16-7-6-8-18(9-16)31-5/h6-12H,1-5H3,(H,25,30). The van der Waals surface area contributed by atoms with Crippen LogP contribution in [0.15, 0.2) is 42.7 Å². The summed E-state index contributed by atoms with van der Waals surface area (Å²) in [7, 11) is 3.34. The van der Waals surface area contributed by atoms with Crippen LogP contribution < -0.4 is 10.1 Å². The minimum absolute atomic E-state index is 0.303. The van der Waals surface area contributed by atoms with Crippen LogP contribution in [0.1, 0.15) is 27.4 Å². The summed E-state index contributed by atoms with van der Waals surface area (Å²) in [6.07, 6.45) is 3.12. The van der Waals surface area contributed by atoms with E-state index in [1.165, 1.54) is 4.68 Å². The van der Waals surface area contributed by atoms with Crippen molar-refractivity contribution in [2.45, 2.75) is 20.8 Å². The highest BCUT2D eigenvalue weighted by atomic mass is 16.5. The van der Waals surface area contributed by atoms with Gasteiger partial charge in [-0.3, -0.25) is 9.48 Å². The number of aromatic nitrogens is 6. The van der Waals surface area contributed by atoms with Gasteiger partial charge in [-0.2, -0.15) is 10.2 Å². The number of rotatable bonds is 5. The fraction of sp³-hybridized carbons (Fsp3) is 0.227. The normalized spacial score (nSPS) is 10.9. The highest BCUT2D eigenvalue weighted by Crippen LogP contribution is 2.24. The first-order valence-electron chi connectivity index (χ1n) is 9.72. The Balaban J connectivity index is 1.53. The van der Waals surface area contributed by atoms with Gasteiger partial charge in [0.1, 0.15) is 11.4 Å². The van der Waals surface area contributed by atoms with E-state index in [0.29, 0.717) is 23.0 Å². The zero-order chi connectivity index (χ0) is 22.1. The van der Waals surface area contributed by atoms with Crippen LogP contribution in [-0.4, -0.2) is 42.5 Å². The molecule has 0 aliphatic carbocycles. The van der Waals surface area contributed by atoms with Gasteiger partial charge in [0.2, 0.25) is 0 Å². The third kappa shape index (κ3) is 3.89. The lowest BCUT2D eigenvalue weighted by atomic mass is 10.1. The Kier molecular flexibility index (Phi) is 5.24. The van der Waals surface area contributed by atoms with Crippen LogP contribution in [0.3, 0.4) is 0 Å². The molecule has 1 N–H and O–H groups in total. The molecule has 0 aliphatic rings. The molecular formula is C22H23N7O2. The van der Waals surface area contributed by atoms with Crippen LogP contribution in [0.2, 0.25) is 0 Å². The minimum atomic E-state index is -0.303. The van der Waals surface area contributed by atoms with Gasteiger partial charge in [0.25, 0.3) is 11.9 Å². The van der Waals surface area contributed by atoms with Gasteiger partial charge in [-0.1, -0.05) is 12.1 Å². The summed E-state index contributed by atoms with van der Waals surface area (Å²) in [6.45, 7) is 5.92. The molecule has 31 heavy (non-hydrogen) atoms. The molecule has 0 radical (unpaired) electrons. The number of hydrogen-bond acceptors (Lipinski definition) is 6. The molecule has 0 spiro atoms. The number of aryl methyl sites for hydroxylation is 2. The Hall–Kier alpha value is -4.01. The zero-order valence-electron chi connectivity index (χ0n) is 18.0. The van der Waals surface area contributed by atoms with E-state index < -0.39 is 0 Å². The molecule has 4 rings (SSSR count). The summed E-state index contributed by atoms with van der Waals surface area (Å²) >= 11 is 0. The molecule has 4 aromatic rings. The summed E-state index contributed by atoms with van der Waals surface area (Å²) in [5.74, 6) is 0.874. The first-order valence-corrected chi connectivity index (χ1v) is 9.72. The molecule has 0 saturated carbocycles. The van der Waals surface area contributed by atoms with Crippen LogP contribution in [0.25, 0.3) is 17.2 Å². The third-order valence-corrected chi connectivity index (χ3v) is 5.22. The van der Waals surface area contributed by atoms with Gasteiger partial charge in [-0.05, 0) is 44.5 Å². The van der Waals surface area contributed by atoms with Crippen molar-refractivity contribution in [2.75, 3.05) is 12.4 Å². The van der Waals surface area contributed by atoms with Crippen LogP contribution >= 0.6 is 0 Å². The monoisotopic (exact) mass is 417 g/mol. The average molecular weight is 417 g/mol. The maximum absolute atomic E-state index is 12.8. The van der Waals surface area contributed by atoms with E-state index in [0.717, 1.165) is 28.3 Å². The second-order valence-corrected chi connectivity index (χ2v) is 7.20. The Labute approximate surface area is 179 Å². The largest absolute Gasteiger partial charge is 0.497 e. The number of anilines is 1. The molecule has 0 bridgehead atoms. The van der Waals surface area contributed by atoms with Crippen molar-refractivity contribution in [3.8, 4) is 23.0 Å². The molecule has 0 fully saturated rings. The van der Waals surface area contributed by atoms with Crippen LogP contribution in [-0.2, 0) is 7.05 Å². The maximum Gasteiger partial charge on any atom is 0.274 e. The summed E-state index contributed by atoms with van der Waals surface area (Å²) in [6, 6.07) is 9.26. The third-order valence-electron chi connectivity index (χ3n) is 5.22. The maximum atomic E-state index is 12.8. The van der Waals surface area contributed by atoms with Crippen LogP contribution in [0, 0.1) is 20.8 Å². The predicted octanol–water partition coefficient (Wildman–Crippen LogP) is 3.25. The van der Waals surface area contributed by atoms with Crippen molar-refractivity contribution in [2.24, 2.45) is 7.05 Å². The molecule has 158 valence electrons. The van der Waals surface area contributed by atoms with Crippen LogP contribution in [0.4, 0.5) is 5.69 Å². The Morgan fingerprint density at radius 1 is 1.06 bits per heavy atom. The molecule has 0 unspecified atom stereocenters. The Morgan fingerprint density at radius 2 is 1.81 bits per heavy atom. The molecule has 9 heteroatoms. The van der Waals surface area contributed by atoms with Crippen molar-refractivity contribution >= 4 is 11.6 Å². The molecule has 3 aromatic heterocycles. The summed E-state index contributed by atoms with van der Waals surface area (Å²) in [5.41, 5.74) is 5.45. The summed E-state index contributed by atoms with van der Waals surface area (Å²) < 4.78 is 8.49. The van der Waals surface area contributed by atoms with Crippen molar-refractivity contribution in [1.29, 1.82) is 0 Å². The number of hydrogen-bond donors (Lipinski definition) is 1. The fourth-order valence-electron chi connectivity index (χ4n) is 3.21. The first kappa shape index (κ1) is 20.3. The fourth-order valence-corrected chi connectivity index (χ4v) is 3.21. The number of nitrogens with zero attached hydrogens (tertiary/aromatic N) is 6. The Morgan fingerprint density at radius 3 is 2.45 bits per heavy atom. The quantitative estimate of drug-likeness (QED) is 0.535. The van der Waals surface area contributed by atoms with Crippen molar-refractivity contribution in [3.05, 3.63) is 65.4 Å². The molecule has 0 saturated heterocycles. The van der Waals surface area contributed by atoms with E-state index in [1.54, 1.807) is 37.3 Å². The number of ether oxygens (including phenoxy) is 1.